The number of rotatable bonds is 1. The molecule has 4 atom stereocenters. The summed E-state index contributed by atoms with van der Waals surface area (Å²) < 4.78 is 4.75. The molecule has 0 radical (unpaired) electrons. The maximum absolute atomic E-state index is 12.1. The van der Waals surface area contributed by atoms with Crippen molar-refractivity contribution < 1.29 is 19.4 Å². The Morgan fingerprint density at radius 2 is 2.27 bits per heavy atom. The third kappa shape index (κ3) is 1.17. The molecule has 0 heterocycles. The van der Waals surface area contributed by atoms with E-state index >= 15 is 0 Å². The SMILES string of the molecule is COC(=O)[C@]12CC[C@H](O)[C@H](C[C@H]1C)C2=O. The Balaban J connectivity index is 2.39. The van der Waals surface area contributed by atoms with Crippen molar-refractivity contribution in [2.45, 2.75) is 32.3 Å². The minimum atomic E-state index is -0.960. The Labute approximate surface area is 88.6 Å². The van der Waals surface area contributed by atoms with Gasteiger partial charge in [0, 0.05) is 5.92 Å². The first kappa shape index (κ1) is 10.6. The molecule has 15 heavy (non-hydrogen) atoms. The standard InChI is InChI=1S/C11H16O4/c1-6-5-7-8(12)3-4-11(6,9(7)13)10(14)15-2/h6-8,12H,3-5H2,1-2H3/t6-,7+,8+,11-/m1/s1. The molecule has 2 rings (SSSR count). The molecule has 0 unspecified atom stereocenters. The largest absolute Gasteiger partial charge is 0.468 e. The third-order valence-electron chi connectivity index (χ3n) is 4.07. The van der Waals surface area contributed by atoms with Gasteiger partial charge in [-0.05, 0) is 25.2 Å². The molecule has 2 saturated carbocycles. The van der Waals surface area contributed by atoms with Gasteiger partial charge in [0.05, 0.1) is 13.2 Å². The summed E-state index contributed by atoms with van der Waals surface area (Å²) in [5.41, 5.74) is -0.960. The highest BCUT2D eigenvalue weighted by Crippen LogP contribution is 2.52. The number of hydrogen-bond donors (Lipinski definition) is 1. The zero-order chi connectivity index (χ0) is 11.2. The normalized spacial score (nSPS) is 44.2. The summed E-state index contributed by atoms with van der Waals surface area (Å²) in [7, 11) is 1.31. The zero-order valence-electron chi connectivity index (χ0n) is 9.03. The van der Waals surface area contributed by atoms with E-state index in [2.05, 4.69) is 0 Å². The topological polar surface area (TPSA) is 63.6 Å². The second-order valence-electron chi connectivity index (χ2n) is 4.68. The molecule has 84 valence electrons. The lowest BCUT2D eigenvalue weighted by Gasteiger charge is -2.33. The number of carbonyl (C=O) groups excluding carboxylic acids is 2. The van der Waals surface area contributed by atoms with Gasteiger partial charge in [-0.25, -0.2) is 0 Å². The van der Waals surface area contributed by atoms with Gasteiger partial charge in [0.25, 0.3) is 0 Å². The Hall–Kier alpha value is -0.900. The van der Waals surface area contributed by atoms with Gasteiger partial charge in [-0.2, -0.15) is 0 Å². The predicted molar refractivity (Wildman–Crippen MR) is 52.0 cm³/mol. The van der Waals surface area contributed by atoms with Crippen molar-refractivity contribution in [3.05, 3.63) is 0 Å². The van der Waals surface area contributed by atoms with Crippen LogP contribution >= 0.6 is 0 Å². The van der Waals surface area contributed by atoms with Crippen molar-refractivity contribution in [3.8, 4) is 0 Å². The van der Waals surface area contributed by atoms with Gasteiger partial charge in [-0.1, -0.05) is 6.92 Å². The monoisotopic (exact) mass is 212 g/mol. The lowest BCUT2D eigenvalue weighted by Crippen LogP contribution is -2.47. The summed E-state index contributed by atoms with van der Waals surface area (Å²) in [5, 5.41) is 9.68. The Kier molecular flexibility index (Phi) is 2.34. The quantitative estimate of drug-likeness (QED) is 0.508. The van der Waals surface area contributed by atoms with Crippen LogP contribution < -0.4 is 0 Å². The summed E-state index contributed by atoms with van der Waals surface area (Å²) in [5.74, 6) is -0.901. The number of aliphatic hydroxyl groups is 1. The van der Waals surface area contributed by atoms with Crippen LogP contribution in [0.15, 0.2) is 0 Å². The van der Waals surface area contributed by atoms with E-state index in [-0.39, 0.29) is 17.6 Å². The molecule has 0 saturated heterocycles. The van der Waals surface area contributed by atoms with Gasteiger partial charge in [0.15, 0.2) is 5.78 Å². The van der Waals surface area contributed by atoms with Crippen molar-refractivity contribution in [3.63, 3.8) is 0 Å². The Morgan fingerprint density at radius 1 is 1.60 bits per heavy atom. The first-order valence-corrected chi connectivity index (χ1v) is 5.35. The fourth-order valence-electron chi connectivity index (χ4n) is 3.13. The molecule has 1 N–H and O–H groups in total. The van der Waals surface area contributed by atoms with Crippen molar-refractivity contribution >= 4 is 11.8 Å². The molecule has 2 bridgehead atoms. The lowest BCUT2D eigenvalue weighted by molar-refractivity contribution is -0.163. The van der Waals surface area contributed by atoms with Gasteiger partial charge in [0.1, 0.15) is 5.41 Å². The zero-order valence-corrected chi connectivity index (χ0v) is 9.03. The van der Waals surface area contributed by atoms with Gasteiger partial charge in [0.2, 0.25) is 0 Å². The van der Waals surface area contributed by atoms with E-state index in [0.717, 1.165) is 0 Å². The number of carbonyl (C=O) groups is 2. The van der Waals surface area contributed by atoms with E-state index in [1.54, 1.807) is 0 Å². The molecule has 2 aliphatic rings. The summed E-state index contributed by atoms with van der Waals surface area (Å²) in [6.45, 7) is 1.90. The minimum Gasteiger partial charge on any atom is -0.468 e. The van der Waals surface area contributed by atoms with Gasteiger partial charge < -0.3 is 9.84 Å². The summed E-state index contributed by atoms with van der Waals surface area (Å²) >= 11 is 0. The second kappa shape index (κ2) is 3.30. The lowest BCUT2D eigenvalue weighted by atomic mass is 9.70. The molecular weight excluding hydrogens is 196 g/mol. The summed E-state index contributed by atoms with van der Waals surface area (Å²) in [4.78, 5) is 23.8. The average molecular weight is 212 g/mol. The van der Waals surface area contributed by atoms with Crippen molar-refractivity contribution in [1.82, 2.24) is 0 Å². The average Bonchev–Trinajstić information content (AvgIpc) is 2.39. The van der Waals surface area contributed by atoms with E-state index in [1.807, 2.05) is 6.92 Å². The number of Topliss-reactive ketones (excluding diaryl/α,β-unsaturated/α-hetero) is 1. The first-order chi connectivity index (χ1) is 7.04. The fourth-order valence-corrected chi connectivity index (χ4v) is 3.13. The Bertz CT molecular complexity index is 312. The molecule has 0 amide bonds. The first-order valence-electron chi connectivity index (χ1n) is 5.35. The fraction of sp³-hybridized carbons (Fsp3) is 0.818. The molecule has 0 spiro atoms. The van der Waals surface area contributed by atoms with Crippen LogP contribution in [0.2, 0.25) is 0 Å². The van der Waals surface area contributed by atoms with Crippen LogP contribution in [0.4, 0.5) is 0 Å². The smallest absolute Gasteiger partial charge is 0.319 e. The molecule has 4 heteroatoms. The highest BCUT2D eigenvalue weighted by atomic mass is 16.5. The highest BCUT2D eigenvalue weighted by Gasteiger charge is 2.62. The number of ketones is 1. The van der Waals surface area contributed by atoms with E-state index in [1.165, 1.54) is 7.11 Å². The molecule has 0 aromatic heterocycles. The number of ether oxygens (including phenoxy) is 1. The third-order valence-corrected chi connectivity index (χ3v) is 4.07. The van der Waals surface area contributed by atoms with Gasteiger partial charge in [-0.3, -0.25) is 9.59 Å². The molecule has 0 aromatic carbocycles. The molecule has 2 fully saturated rings. The van der Waals surface area contributed by atoms with Crippen LogP contribution in [-0.4, -0.2) is 30.1 Å². The van der Waals surface area contributed by atoms with E-state index in [4.69, 9.17) is 4.74 Å². The minimum absolute atomic E-state index is 0.0143. The van der Waals surface area contributed by atoms with Crippen LogP contribution in [0.3, 0.4) is 0 Å². The predicted octanol–water partition coefficient (Wildman–Crippen LogP) is 0.526. The van der Waals surface area contributed by atoms with Crippen LogP contribution in [0, 0.1) is 17.3 Å². The molecular formula is C11H16O4. The van der Waals surface area contributed by atoms with Crippen molar-refractivity contribution in [2.24, 2.45) is 17.3 Å². The number of fused-ring (bicyclic) bond motifs is 2. The van der Waals surface area contributed by atoms with Crippen molar-refractivity contribution in [2.75, 3.05) is 7.11 Å². The number of methoxy groups -OCH3 is 1. The number of esters is 1. The van der Waals surface area contributed by atoms with E-state index < -0.39 is 17.5 Å². The summed E-state index contributed by atoms with van der Waals surface area (Å²) in [6, 6.07) is 0. The molecule has 4 nitrogen and oxygen atoms in total. The van der Waals surface area contributed by atoms with Gasteiger partial charge >= 0.3 is 5.97 Å². The van der Waals surface area contributed by atoms with E-state index in [0.29, 0.717) is 19.3 Å². The van der Waals surface area contributed by atoms with Crippen LogP contribution in [-0.2, 0) is 14.3 Å². The highest BCUT2D eigenvalue weighted by molar-refractivity contribution is 6.07. The van der Waals surface area contributed by atoms with E-state index in [9.17, 15) is 14.7 Å². The van der Waals surface area contributed by atoms with Crippen LogP contribution in [0.1, 0.15) is 26.2 Å². The van der Waals surface area contributed by atoms with Crippen molar-refractivity contribution in [1.29, 1.82) is 0 Å². The van der Waals surface area contributed by atoms with Crippen LogP contribution in [0.5, 0.6) is 0 Å². The number of aliphatic hydroxyl groups excluding tert-OH is 1. The molecule has 0 aromatic rings. The van der Waals surface area contributed by atoms with Crippen LogP contribution in [0.25, 0.3) is 0 Å². The molecule has 2 aliphatic carbocycles. The summed E-state index contributed by atoms with van der Waals surface area (Å²) in [6.07, 6.45) is 0.989. The number of hydrogen-bond acceptors (Lipinski definition) is 4. The maximum Gasteiger partial charge on any atom is 0.319 e. The Morgan fingerprint density at radius 3 is 2.87 bits per heavy atom. The van der Waals surface area contributed by atoms with Gasteiger partial charge in [-0.15, -0.1) is 0 Å². The maximum atomic E-state index is 12.1. The second-order valence-corrected chi connectivity index (χ2v) is 4.68. The molecule has 0 aliphatic heterocycles.